The summed E-state index contributed by atoms with van der Waals surface area (Å²) < 4.78 is 24.2. The van der Waals surface area contributed by atoms with Gasteiger partial charge in [-0.25, -0.2) is 24.1 Å². The summed E-state index contributed by atoms with van der Waals surface area (Å²) in [5, 5.41) is 3.27. The maximum atomic E-state index is 14.1. The highest BCUT2D eigenvalue weighted by molar-refractivity contribution is 7.10. The summed E-state index contributed by atoms with van der Waals surface area (Å²) in [5.41, 5.74) is 0.838. The van der Waals surface area contributed by atoms with E-state index in [0.717, 1.165) is 29.8 Å². The van der Waals surface area contributed by atoms with Gasteiger partial charge in [0.1, 0.15) is 17.2 Å². The molecule has 1 unspecified atom stereocenters. The molecule has 0 amide bonds. The largest absolute Gasteiger partial charge is 0.494 e. The molecule has 0 spiro atoms. The molecule has 4 rings (SSSR count). The zero-order chi connectivity index (χ0) is 19.7. The molecule has 1 saturated heterocycles. The number of nitrogens with zero attached hydrogens (tertiary/aromatic N) is 4. The van der Waals surface area contributed by atoms with Crippen molar-refractivity contribution < 1.29 is 18.7 Å². The third kappa shape index (κ3) is 3.26. The van der Waals surface area contributed by atoms with Crippen LogP contribution in [0.5, 0.6) is 5.75 Å². The Morgan fingerprint density at radius 2 is 2.25 bits per heavy atom. The van der Waals surface area contributed by atoms with Gasteiger partial charge in [-0.3, -0.25) is 0 Å². The second-order valence-corrected chi connectivity index (χ2v) is 7.23. The van der Waals surface area contributed by atoms with Crippen LogP contribution >= 0.6 is 11.3 Å². The van der Waals surface area contributed by atoms with E-state index >= 15 is 0 Å². The van der Waals surface area contributed by atoms with Crippen LogP contribution in [0.15, 0.2) is 23.8 Å². The quantitative estimate of drug-likeness (QED) is 0.602. The lowest BCUT2D eigenvalue weighted by Crippen LogP contribution is -2.24. The summed E-state index contributed by atoms with van der Waals surface area (Å²) >= 11 is 1.43. The lowest BCUT2D eigenvalue weighted by molar-refractivity contribution is 0.0520. The number of methoxy groups -OCH3 is 1. The molecule has 1 aliphatic heterocycles. The molecule has 146 valence electrons. The topological polar surface area (TPSA) is 77.4 Å². The number of hydrogen-bond donors (Lipinski definition) is 0. The van der Waals surface area contributed by atoms with Gasteiger partial charge in [0.25, 0.3) is 0 Å². The second kappa shape index (κ2) is 7.67. The maximum Gasteiger partial charge on any atom is 0.357 e. The molecule has 28 heavy (non-hydrogen) atoms. The van der Waals surface area contributed by atoms with Crippen LogP contribution in [0, 0.1) is 5.82 Å². The molecule has 2 aromatic heterocycles. The number of benzene rings is 1. The number of rotatable bonds is 5. The standard InChI is InChI=1S/C19H19FN4O3S/c1-3-27-19(25)14-9-28-18(23-14)15-5-4-6-24(15)17-11-7-16(26-2)12(20)8-13(11)21-10-22-17/h7-10,15H,3-6H2,1-2H3. The van der Waals surface area contributed by atoms with E-state index in [1.54, 1.807) is 18.4 Å². The number of aromatic nitrogens is 3. The minimum absolute atomic E-state index is 0.0117. The van der Waals surface area contributed by atoms with E-state index in [4.69, 9.17) is 9.47 Å². The van der Waals surface area contributed by atoms with Gasteiger partial charge >= 0.3 is 5.97 Å². The Labute approximate surface area is 165 Å². The van der Waals surface area contributed by atoms with Gasteiger partial charge in [0, 0.05) is 23.4 Å². The van der Waals surface area contributed by atoms with Crippen molar-refractivity contribution in [3.63, 3.8) is 0 Å². The molecular weight excluding hydrogens is 383 g/mol. The number of carbonyl (C=O) groups excluding carboxylic acids is 1. The lowest BCUT2D eigenvalue weighted by Gasteiger charge is -2.25. The molecule has 7 nitrogen and oxygen atoms in total. The van der Waals surface area contributed by atoms with E-state index in [2.05, 4.69) is 19.9 Å². The van der Waals surface area contributed by atoms with E-state index in [-0.39, 0.29) is 11.8 Å². The van der Waals surface area contributed by atoms with Crippen molar-refractivity contribution in [2.45, 2.75) is 25.8 Å². The van der Waals surface area contributed by atoms with Crippen LogP contribution in [-0.2, 0) is 4.74 Å². The fraction of sp³-hybridized carbons (Fsp3) is 0.368. The SMILES string of the molecule is CCOC(=O)c1csc(C2CCCN2c2ncnc3cc(F)c(OC)cc23)n1. The van der Waals surface area contributed by atoms with Crippen molar-refractivity contribution >= 4 is 34.0 Å². The van der Waals surface area contributed by atoms with Gasteiger partial charge in [-0.1, -0.05) is 0 Å². The smallest absolute Gasteiger partial charge is 0.357 e. The highest BCUT2D eigenvalue weighted by Crippen LogP contribution is 2.40. The van der Waals surface area contributed by atoms with Crippen molar-refractivity contribution in [1.82, 2.24) is 15.0 Å². The summed E-state index contributed by atoms with van der Waals surface area (Å²) in [7, 11) is 1.43. The first-order valence-electron chi connectivity index (χ1n) is 8.99. The summed E-state index contributed by atoms with van der Waals surface area (Å²) in [4.78, 5) is 27.2. The fourth-order valence-corrected chi connectivity index (χ4v) is 4.38. The van der Waals surface area contributed by atoms with Gasteiger partial charge in [0.05, 0.1) is 25.3 Å². The maximum absolute atomic E-state index is 14.1. The predicted octanol–water partition coefficient (Wildman–Crippen LogP) is 3.75. The minimum atomic E-state index is -0.461. The summed E-state index contributed by atoms with van der Waals surface area (Å²) in [6, 6.07) is 2.97. The Kier molecular flexibility index (Phi) is 5.08. The number of carbonyl (C=O) groups is 1. The highest BCUT2D eigenvalue weighted by Gasteiger charge is 2.31. The zero-order valence-electron chi connectivity index (χ0n) is 15.5. The van der Waals surface area contributed by atoms with Crippen molar-refractivity contribution in [3.8, 4) is 5.75 Å². The Bertz CT molecular complexity index is 1030. The highest BCUT2D eigenvalue weighted by atomic mass is 32.1. The first kappa shape index (κ1) is 18.5. The van der Waals surface area contributed by atoms with Crippen LogP contribution in [-0.4, -0.2) is 41.2 Å². The van der Waals surface area contributed by atoms with Crippen LogP contribution in [0.3, 0.4) is 0 Å². The average Bonchev–Trinajstić information content (AvgIpc) is 3.36. The molecule has 3 heterocycles. The zero-order valence-corrected chi connectivity index (χ0v) is 16.3. The van der Waals surface area contributed by atoms with E-state index in [9.17, 15) is 9.18 Å². The molecule has 1 aliphatic rings. The van der Waals surface area contributed by atoms with E-state index < -0.39 is 11.8 Å². The molecule has 1 aromatic carbocycles. The molecule has 0 bridgehead atoms. The van der Waals surface area contributed by atoms with Gasteiger partial charge in [-0.15, -0.1) is 11.3 Å². The number of anilines is 1. The van der Waals surface area contributed by atoms with Gasteiger partial charge < -0.3 is 14.4 Å². The first-order valence-corrected chi connectivity index (χ1v) is 9.87. The molecule has 0 aliphatic carbocycles. The van der Waals surface area contributed by atoms with Crippen LogP contribution in [0.1, 0.15) is 41.3 Å². The molecule has 0 N–H and O–H groups in total. The molecule has 1 fully saturated rings. The molecule has 9 heteroatoms. The van der Waals surface area contributed by atoms with E-state index in [1.165, 1.54) is 30.8 Å². The second-order valence-electron chi connectivity index (χ2n) is 6.34. The molecule has 3 aromatic rings. The van der Waals surface area contributed by atoms with Gasteiger partial charge in [-0.05, 0) is 25.8 Å². The number of hydrogen-bond acceptors (Lipinski definition) is 8. The van der Waals surface area contributed by atoms with Crippen molar-refractivity contribution in [1.29, 1.82) is 0 Å². The summed E-state index contributed by atoms with van der Waals surface area (Å²) in [6.45, 7) is 2.86. The summed E-state index contributed by atoms with van der Waals surface area (Å²) in [6.07, 6.45) is 3.28. The monoisotopic (exact) mass is 402 g/mol. The number of fused-ring (bicyclic) bond motifs is 1. The lowest BCUT2D eigenvalue weighted by atomic mass is 10.2. The minimum Gasteiger partial charge on any atom is -0.494 e. The molecule has 1 atom stereocenters. The van der Waals surface area contributed by atoms with Crippen LogP contribution < -0.4 is 9.64 Å². The Balaban J connectivity index is 1.72. The number of ether oxygens (including phenoxy) is 2. The fourth-order valence-electron chi connectivity index (χ4n) is 3.45. The van der Waals surface area contributed by atoms with Crippen molar-refractivity contribution in [2.75, 3.05) is 25.2 Å². The van der Waals surface area contributed by atoms with Crippen LogP contribution in [0.2, 0.25) is 0 Å². The van der Waals surface area contributed by atoms with Crippen molar-refractivity contribution in [2.24, 2.45) is 0 Å². The Hall–Kier alpha value is -2.81. The van der Waals surface area contributed by atoms with Gasteiger partial charge in [-0.2, -0.15) is 0 Å². The van der Waals surface area contributed by atoms with E-state index in [0.29, 0.717) is 23.6 Å². The van der Waals surface area contributed by atoms with Crippen LogP contribution in [0.25, 0.3) is 10.9 Å². The normalized spacial score (nSPS) is 16.5. The number of esters is 1. The van der Waals surface area contributed by atoms with Crippen molar-refractivity contribution in [3.05, 3.63) is 40.4 Å². The van der Waals surface area contributed by atoms with Crippen LogP contribution in [0.4, 0.5) is 10.2 Å². The predicted molar refractivity (Wildman–Crippen MR) is 103 cm³/mol. The summed E-state index contributed by atoms with van der Waals surface area (Å²) in [5.74, 6) is -0.0179. The first-order chi connectivity index (χ1) is 13.6. The Morgan fingerprint density at radius 3 is 3.04 bits per heavy atom. The van der Waals surface area contributed by atoms with E-state index in [1.807, 2.05) is 0 Å². The molecule has 0 saturated carbocycles. The third-order valence-corrected chi connectivity index (χ3v) is 5.65. The Morgan fingerprint density at radius 1 is 1.39 bits per heavy atom. The molecule has 0 radical (unpaired) electrons. The van der Waals surface area contributed by atoms with Gasteiger partial charge in [0.2, 0.25) is 0 Å². The van der Waals surface area contributed by atoms with Gasteiger partial charge in [0.15, 0.2) is 17.3 Å². The number of halogens is 1. The average molecular weight is 402 g/mol. The number of thiazole rings is 1. The third-order valence-electron chi connectivity index (χ3n) is 4.70. The molecular formula is C19H19FN4O3S.